The van der Waals surface area contributed by atoms with E-state index in [0.717, 1.165) is 29.1 Å². The molecule has 8 heteroatoms. The Morgan fingerprint density at radius 2 is 2.07 bits per heavy atom. The third-order valence-electron chi connectivity index (χ3n) is 5.51. The Labute approximate surface area is 162 Å². The molecule has 0 radical (unpaired) electrons. The van der Waals surface area contributed by atoms with Gasteiger partial charge in [-0.3, -0.25) is 4.79 Å². The lowest BCUT2D eigenvalue weighted by Crippen LogP contribution is -2.45. The number of carbonyl (C=O) groups excluding carboxylic acids is 1. The van der Waals surface area contributed by atoms with Crippen molar-refractivity contribution in [3.05, 3.63) is 54.0 Å². The largest absolute Gasteiger partial charge is 0.374 e. The number of ether oxygens (including phenoxy) is 1. The molecule has 4 heterocycles. The molecule has 0 aliphatic carbocycles. The van der Waals surface area contributed by atoms with Gasteiger partial charge in [0.15, 0.2) is 0 Å². The van der Waals surface area contributed by atoms with E-state index >= 15 is 0 Å². The van der Waals surface area contributed by atoms with Crippen LogP contribution in [0.4, 0.5) is 5.69 Å². The number of hydrogen-bond acceptors (Lipinski definition) is 6. The summed E-state index contributed by atoms with van der Waals surface area (Å²) < 4.78 is 7.78. The van der Waals surface area contributed by atoms with Gasteiger partial charge in [0.2, 0.25) is 11.6 Å². The molecule has 28 heavy (non-hydrogen) atoms. The van der Waals surface area contributed by atoms with Crippen LogP contribution >= 0.6 is 0 Å². The number of carbonyl (C=O) groups is 1. The summed E-state index contributed by atoms with van der Waals surface area (Å²) in [7, 11) is 0. The van der Waals surface area contributed by atoms with Gasteiger partial charge in [-0.1, -0.05) is 30.3 Å². The maximum absolute atomic E-state index is 12.8. The van der Waals surface area contributed by atoms with E-state index in [1.54, 1.807) is 10.8 Å². The van der Waals surface area contributed by atoms with E-state index in [-0.39, 0.29) is 18.1 Å². The molecule has 0 bridgehead atoms. The normalized spacial score (nSPS) is 22.5. The predicted octanol–water partition coefficient (Wildman–Crippen LogP) is 1.44. The second-order valence-electron chi connectivity index (χ2n) is 7.41. The van der Waals surface area contributed by atoms with Crippen LogP contribution < -0.4 is 4.90 Å². The van der Waals surface area contributed by atoms with Gasteiger partial charge in [-0.15, -0.1) is 10.2 Å². The number of aromatic nitrogens is 4. The highest BCUT2D eigenvalue weighted by molar-refractivity contribution is 5.77. The molecule has 2 aliphatic rings. The molecular weight excluding hydrogens is 356 g/mol. The van der Waals surface area contributed by atoms with Crippen molar-refractivity contribution in [1.82, 2.24) is 24.7 Å². The quantitative estimate of drug-likeness (QED) is 0.687. The van der Waals surface area contributed by atoms with E-state index < -0.39 is 0 Å². The average molecular weight is 378 g/mol. The van der Waals surface area contributed by atoms with Crippen molar-refractivity contribution < 1.29 is 9.53 Å². The van der Waals surface area contributed by atoms with Crippen molar-refractivity contribution in [2.75, 3.05) is 24.6 Å². The second kappa shape index (κ2) is 6.87. The highest BCUT2D eigenvalue weighted by Crippen LogP contribution is 2.30. The summed E-state index contributed by atoms with van der Waals surface area (Å²) in [6, 6.07) is 12.2. The van der Waals surface area contributed by atoms with Gasteiger partial charge in [0.1, 0.15) is 6.33 Å². The molecular formula is C20H22N6O2. The van der Waals surface area contributed by atoms with E-state index in [4.69, 9.17) is 4.74 Å². The summed E-state index contributed by atoms with van der Waals surface area (Å²) in [6.45, 7) is 4.45. The molecule has 0 unspecified atom stereocenters. The lowest BCUT2D eigenvalue weighted by molar-refractivity contribution is -0.133. The number of amides is 1. The van der Waals surface area contributed by atoms with Crippen LogP contribution in [0, 0.1) is 6.92 Å². The van der Waals surface area contributed by atoms with Gasteiger partial charge in [0.25, 0.3) is 0 Å². The topological polar surface area (TPSA) is 75.9 Å². The first-order valence-corrected chi connectivity index (χ1v) is 9.56. The molecule has 2 saturated heterocycles. The molecule has 2 fully saturated rings. The van der Waals surface area contributed by atoms with E-state index in [9.17, 15) is 4.79 Å². The Hall–Kier alpha value is -3.00. The van der Waals surface area contributed by atoms with Gasteiger partial charge in [-0.2, -0.15) is 9.61 Å². The zero-order chi connectivity index (χ0) is 19.1. The predicted molar refractivity (Wildman–Crippen MR) is 103 cm³/mol. The fourth-order valence-electron chi connectivity index (χ4n) is 4.19. The van der Waals surface area contributed by atoms with Crippen LogP contribution in [0.1, 0.15) is 17.7 Å². The van der Waals surface area contributed by atoms with Crippen LogP contribution in [-0.4, -0.2) is 62.5 Å². The first-order chi connectivity index (χ1) is 13.7. The van der Waals surface area contributed by atoms with E-state index in [1.807, 2.05) is 36.1 Å². The smallest absolute Gasteiger partial charge is 0.225 e. The third kappa shape index (κ3) is 2.99. The summed E-state index contributed by atoms with van der Waals surface area (Å²) in [5.74, 6) is 0.150. The van der Waals surface area contributed by atoms with Crippen molar-refractivity contribution in [2.24, 2.45) is 0 Å². The third-order valence-corrected chi connectivity index (χ3v) is 5.51. The molecule has 2 aromatic heterocycles. The Balaban J connectivity index is 1.46. The van der Waals surface area contributed by atoms with Gasteiger partial charge in [0.05, 0.1) is 36.6 Å². The monoisotopic (exact) mass is 378 g/mol. The van der Waals surface area contributed by atoms with Crippen LogP contribution in [0.2, 0.25) is 0 Å². The number of fused-ring (bicyclic) bond motifs is 2. The first-order valence-electron chi connectivity index (χ1n) is 9.56. The summed E-state index contributed by atoms with van der Waals surface area (Å²) in [5, 5.41) is 12.6. The van der Waals surface area contributed by atoms with Crippen LogP contribution in [0.5, 0.6) is 0 Å². The van der Waals surface area contributed by atoms with E-state index in [1.165, 1.54) is 0 Å². The molecule has 0 spiro atoms. The Morgan fingerprint density at radius 1 is 1.21 bits per heavy atom. The zero-order valence-corrected chi connectivity index (χ0v) is 15.7. The van der Waals surface area contributed by atoms with Gasteiger partial charge >= 0.3 is 0 Å². The fraction of sp³-hybridized carbons (Fsp3) is 0.400. The Kier molecular flexibility index (Phi) is 4.20. The zero-order valence-electron chi connectivity index (χ0n) is 15.7. The lowest BCUT2D eigenvalue weighted by Gasteiger charge is -2.29. The number of rotatable bonds is 3. The van der Waals surface area contributed by atoms with E-state index in [0.29, 0.717) is 26.1 Å². The maximum Gasteiger partial charge on any atom is 0.225 e. The molecule has 8 nitrogen and oxygen atoms in total. The minimum Gasteiger partial charge on any atom is -0.374 e. The Bertz CT molecular complexity index is 1000. The summed E-state index contributed by atoms with van der Waals surface area (Å²) >= 11 is 0. The van der Waals surface area contributed by atoms with Crippen LogP contribution in [-0.2, 0) is 16.1 Å². The average Bonchev–Trinajstić information content (AvgIpc) is 3.30. The van der Waals surface area contributed by atoms with Crippen molar-refractivity contribution in [3.63, 3.8) is 0 Å². The van der Waals surface area contributed by atoms with Crippen LogP contribution in [0.15, 0.2) is 42.7 Å². The van der Waals surface area contributed by atoms with Gasteiger partial charge in [-0.05, 0) is 18.6 Å². The molecule has 144 valence electrons. The number of hydrogen-bond donors (Lipinski definition) is 0. The number of anilines is 1. The lowest BCUT2D eigenvalue weighted by atomic mass is 10.1. The minimum absolute atomic E-state index is 0.00616. The number of nitrogens with zero attached hydrogens (tertiary/aromatic N) is 6. The SMILES string of the molecule is Cc1cc(N2C[C@@H]3OCCC(=O)N(Cc4ccccc4)[C@H]3C2)c2nncn2n1. The van der Waals surface area contributed by atoms with Crippen molar-refractivity contribution in [2.45, 2.75) is 32.0 Å². The van der Waals surface area contributed by atoms with Crippen molar-refractivity contribution in [3.8, 4) is 0 Å². The number of aryl methyl sites for hydroxylation is 1. The first kappa shape index (κ1) is 17.1. The highest BCUT2D eigenvalue weighted by Gasteiger charge is 2.42. The molecule has 3 aromatic rings. The fourth-order valence-corrected chi connectivity index (χ4v) is 4.19. The molecule has 0 saturated carbocycles. The van der Waals surface area contributed by atoms with Gasteiger partial charge < -0.3 is 14.5 Å². The summed E-state index contributed by atoms with van der Waals surface area (Å²) in [6.07, 6.45) is 2.02. The van der Waals surface area contributed by atoms with Crippen LogP contribution in [0.25, 0.3) is 5.65 Å². The van der Waals surface area contributed by atoms with Crippen LogP contribution in [0.3, 0.4) is 0 Å². The summed E-state index contributed by atoms with van der Waals surface area (Å²) in [5.41, 5.74) is 3.74. The maximum atomic E-state index is 12.8. The van der Waals surface area contributed by atoms with E-state index in [2.05, 4.69) is 32.3 Å². The van der Waals surface area contributed by atoms with Crippen molar-refractivity contribution >= 4 is 17.2 Å². The molecule has 1 amide bonds. The molecule has 5 rings (SSSR count). The summed E-state index contributed by atoms with van der Waals surface area (Å²) in [4.78, 5) is 17.0. The minimum atomic E-state index is -0.0217. The van der Waals surface area contributed by atoms with Crippen molar-refractivity contribution in [1.29, 1.82) is 0 Å². The molecule has 2 atom stereocenters. The van der Waals surface area contributed by atoms with Gasteiger partial charge in [0, 0.05) is 19.6 Å². The molecule has 2 aliphatic heterocycles. The second-order valence-corrected chi connectivity index (χ2v) is 7.41. The highest BCUT2D eigenvalue weighted by atomic mass is 16.5. The van der Waals surface area contributed by atoms with Gasteiger partial charge in [-0.25, -0.2) is 0 Å². The number of benzene rings is 1. The standard InChI is InChI=1S/C20H22N6O2/c1-14-9-16(20-22-21-13-26(20)23-14)24-11-17-18(12-24)28-8-7-19(27)25(17)10-15-5-3-2-4-6-15/h2-6,9,13,17-18H,7-8,10-12H2,1H3/t17-,18-/m0/s1. The molecule has 0 N–H and O–H groups in total. The Morgan fingerprint density at radius 3 is 2.93 bits per heavy atom. The molecule has 1 aromatic carbocycles.